The molecule has 1 atom stereocenters. The van der Waals surface area contributed by atoms with Crippen LogP contribution >= 0.6 is 11.8 Å². The molecule has 1 aliphatic heterocycles. The van der Waals surface area contributed by atoms with Gasteiger partial charge in [-0.3, -0.25) is 10.1 Å². The predicted octanol–water partition coefficient (Wildman–Crippen LogP) is 0.592. The number of hydrogen-bond acceptors (Lipinski definition) is 4. The van der Waals surface area contributed by atoms with E-state index in [2.05, 4.69) is 15.6 Å². The van der Waals surface area contributed by atoms with Gasteiger partial charge in [0, 0.05) is 6.04 Å². The zero-order valence-electron chi connectivity index (χ0n) is 8.83. The Hall–Kier alpha value is -0.710. The first-order valence-corrected chi connectivity index (χ1v) is 6.17. The normalized spacial score (nSPS) is 21.0. The van der Waals surface area contributed by atoms with Gasteiger partial charge in [0.25, 0.3) is 5.91 Å². The van der Waals surface area contributed by atoms with Gasteiger partial charge < -0.3 is 5.32 Å². The molecule has 1 rings (SSSR count). The lowest BCUT2D eigenvalue weighted by Crippen LogP contribution is -2.40. The lowest BCUT2D eigenvalue weighted by molar-refractivity contribution is -0.120. The second-order valence-corrected chi connectivity index (χ2v) is 4.55. The van der Waals surface area contributed by atoms with Crippen molar-refractivity contribution in [1.82, 2.24) is 10.6 Å². The molecule has 1 aliphatic rings. The summed E-state index contributed by atoms with van der Waals surface area (Å²) < 4.78 is 0. The van der Waals surface area contributed by atoms with Crippen LogP contribution in [0.3, 0.4) is 0 Å². The Morgan fingerprint density at radius 2 is 2.36 bits per heavy atom. The summed E-state index contributed by atoms with van der Waals surface area (Å²) in [5.41, 5.74) is 0. The number of rotatable bonds is 4. The first-order chi connectivity index (χ1) is 6.63. The largest absolute Gasteiger partial charge is 0.354 e. The van der Waals surface area contributed by atoms with Crippen LogP contribution in [0.15, 0.2) is 4.99 Å². The third-order valence-electron chi connectivity index (χ3n) is 1.85. The molecule has 0 aromatic heterocycles. The molecule has 0 saturated carbocycles. The number of nitrogens with one attached hydrogen (secondary N) is 2. The fourth-order valence-electron chi connectivity index (χ4n) is 1.22. The smallest absolute Gasteiger partial charge is 0.251 e. The molecule has 0 aromatic rings. The molecule has 1 unspecified atom stereocenters. The number of guanidine groups is 1. The van der Waals surface area contributed by atoms with E-state index in [0.717, 1.165) is 12.2 Å². The van der Waals surface area contributed by atoms with Crippen molar-refractivity contribution in [3.8, 4) is 0 Å². The lowest BCUT2D eigenvalue weighted by atomic mass is 10.2. The monoisotopic (exact) mass is 215 g/mol. The lowest BCUT2D eigenvalue weighted by Gasteiger charge is -2.07. The minimum Gasteiger partial charge on any atom is -0.354 e. The SMILES string of the molecule is CSCCC1N=C(NC(C)C)NC1=O. The number of amides is 1. The van der Waals surface area contributed by atoms with Gasteiger partial charge in [-0.05, 0) is 32.3 Å². The molecular formula is C9H17N3OS. The molecule has 1 heterocycles. The van der Waals surface area contributed by atoms with Crippen molar-refractivity contribution in [2.45, 2.75) is 32.4 Å². The standard InChI is InChI=1S/C9H17N3OS/c1-6(2)10-9-11-7(4-5-14-3)8(13)12-9/h6-7H,4-5H2,1-3H3,(H2,10,11,12,13). The maximum atomic E-state index is 11.4. The highest BCUT2D eigenvalue weighted by Gasteiger charge is 2.25. The third kappa shape index (κ3) is 3.21. The average Bonchev–Trinajstić information content (AvgIpc) is 2.41. The number of thioether (sulfide) groups is 1. The molecule has 4 nitrogen and oxygen atoms in total. The highest BCUT2D eigenvalue weighted by Crippen LogP contribution is 2.08. The molecule has 80 valence electrons. The van der Waals surface area contributed by atoms with E-state index in [0.29, 0.717) is 12.0 Å². The Kier molecular flexibility index (Phi) is 4.25. The summed E-state index contributed by atoms with van der Waals surface area (Å²) in [7, 11) is 0. The summed E-state index contributed by atoms with van der Waals surface area (Å²) in [6.07, 6.45) is 2.85. The van der Waals surface area contributed by atoms with Gasteiger partial charge in [-0.2, -0.15) is 11.8 Å². The van der Waals surface area contributed by atoms with Crippen molar-refractivity contribution >= 4 is 23.6 Å². The summed E-state index contributed by atoms with van der Waals surface area (Å²) in [6, 6.07) is 0.108. The van der Waals surface area contributed by atoms with Crippen molar-refractivity contribution in [3.63, 3.8) is 0 Å². The summed E-state index contributed by atoms with van der Waals surface area (Å²) in [4.78, 5) is 15.7. The van der Waals surface area contributed by atoms with E-state index in [9.17, 15) is 4.79 Å². The maximum Gasteiger partial charge on any atom is 0.251 e. The molecule has 14 heavy (non-hydrogen) atoms. The van der Waals surface area contributed by atoms with Crippen molar-refractivity contribution in [3.05, 3.63) is 0 Å². The second kappa shape index (κ2) is 5.24. The maximum absolute atomic E-state index is 11.4. The number of hydrogen-bond donors (Lipinski definition) is 2. The van der Waals surface area contributed by atoms with E-state index in [-0.39, 0.29) is 11.9 Å². The van der Waals surface area contributed by atoms with Crippen molar-refractivity contribution in [1.29, 1.82) is 0 Å². The Labute approximate surface area is 88.9 Å². The van der Waals surface area contributed by atoms with E-state index in [1.165, 1.54) is 0 Å². The van der Waals surface area contributed by atoms with E-state index < -0.39 is 0 Å². The third-order valence-corrected chi connectivity index (χ3v) is 2.49. The molecule has 0 bridgehead atoms. The predicted molar refractivity (Wildman–Crippen MR) is 60.6 cm³/mol. The van der Waals surface area contributed by atoms with Gasteiger partial charge in [-0.15, -0.1) is 0 Å². The zero-order chi connectivity index (χ0) is 10.6. The van der Waals surface area contributed by atoms with Gasteiger partial charge in [-0.1, -0.05) is 0 Å². The Morgan fingerprint density at radius 3 is 2.93 bits per heavy atom. The van der Waals surface area contributed by atoms with Crippen LogP contribution in [-0.4, -0.2) is 36.0 Å². The summed E-state index contributed by atoms with van der Waals surface area (Å²) in [6.45, 7) is 4.04. The minimum absolute atomic E-state index is 0.0159. The molecule has 5 heteroatoms. The van der Waals surface area contributed by atoms with Crippen molar-refractivity contribution < 1.29 is 4.79 Å². The molecule has 1 amide bonds. The first-order valence-electron chi connectivity index (χ1n) is 4.77. The Balaban J connectivity index is 2.44. The summed E-state index contributed by atoms with van der Waals surface area (Å²) in [5.74, 6) is 1.61. The second-order valence-electron chi connectivity index (χ2n) is 3.56. The fraction of sp³-hybridized carbons (Fsp3) is 0.778. The van der Waals surface area contributed by atoms with Crippen LogP contribution in [0.5, 0.6) is 0 Å². The fourth-order valence-corrected chi connectivity index (χ4v) is 1.68. The van der Waals surface area contributed by atoms with E-state index in [1.54, 1.807) is 11.8 Å². The Bertz CT molecular complexity index is 240. The highest BCUT2D eigenvalue weighted by molar-refractivity contribution is 7.98. The van der Waals surface area contributed by atoms with Gasteiger partial charge in [-0.25, -0.2) is 4.99 Å². The van der Waals surface area contributed by atoms with Gasteiger partial charge >= 0.3 is 0 Å². The summed E-state index contributed by atoms with van der Waals surface area (Å²) in [5, 5.41) is 5.82. The average molecular weight is 215 g/mol. The molecule has 2 N–H and O–H groups in total. The van der Waals surface area contributed by atoms with Gasteiger partial charge in [0.15, 0.2) is 5.96 Å². The van der Waals surface area contributed by atoms with Crippen LogP contribution < -0.4 is 10.6 Å². The molecule has 0 spiro atoms. The van der Waals surface area contributed by atoms with E-state index in [1.807, 2.05) is 20.1 Å². The zero-order valence-corrected chi connectivity index (χ0v) is 9.65. The first kappa shape index (κ1) is 11.4. The number of carbonyl (C=O) groups is 1. The molecular weight excluding hydrogens is 198 g/mol. The van der Waals surface area contributed by atoms with Crippen molar-refractivity contribution in [2.75, 3.05) is 12.0 Å². The molecule has 0 aliphatic carbocycles. The molecule has 0 fully saturated rings. The van der Waals surface area contributed by atoms with E-state index in [4.69, 9.17) is 0 Å². The summed E-state index contributed by atoms with van der Waals surface area (Å²) >= 11 is 1.74. The van der Waals surface area contributed by atoms with Gasteiger partial charge in [0.1, 0.15) is 6.04 Å². The van der Waals surface area contributed by atoms with Crippen LogP contribution in [0, 0.1) is 0 Å². The number of carbonyl (C=O) groups excluding carboxylic acids is 1. The van der Waals surface area contributed by atoms with Gasteiger partial charge in [0.2, 0.25) is 0 Å². The van der Waals surface area contributed by atoms with Crippen LogP contribution in [0.1, 0.15) is 20.3 Å². The topological polar surface area (TPSA) is 53.5 Å². The Morgan fingerprint density at radius 1 is 1.64 bits per heavy atom. The van der Waals surface area contributed by atoms with Crippen molar-refractivity contribution in [2.24, 2.45) is 4.99 Å². The van der Waals surface area contributed by atoms with Crippen LogP contribution in [0.2, 0.25) is 0 Å². The van der Waals surface area contributed by atoms with Crippen LogP contribution in [0.25, 0.3) is 0 Å². The van der Waals surface area contributed by atoms with Crippen LogP contribution in [0.4, 0.5) is 0 Å². The molecule has 0 aromatic carbocycles. The van der Waals surface area contributed by atoms with E-state index >= 15 is 0 Å². The molecule has 0 saturated heterocycles. The molecule has 0 radical (unpaired) electrons. The highest BCUT2D eigenvalue weighted by atomic mass is 32.2. The minimum atomic E-state index is -0.191. The van der Waals surface area contributed by atoms with Crippen LogP contribution in [-0.2, 0) is 4.79 Å². The number of aliphatic imine (C=N–C) groups is 1. The van der Waals surface area contributed by atoms with Gasteiger partial charge in [0.05, 0.1) is 0 Å². The number of nitrogens with zero attached hydrogens (tertiary/aromatic N) is 1. The quantitative estimate of drug-likeness (QED) is 0.722.